The summed E-state index contributed by atoms with van der Waals surface area (Å²) in [5.74, 6) is 0. The lowest BCUT2D eigenvalue weighted by molar-refractivity contribution is -0.104. The third kappa shape index (κ3) is 2.51. The number of hydrogen-bond donors (Lipinski definition) is 0. The fraction of sp³-hybridized carbons (Fsp3) is 0.100. The summed E-state index contributed by atoms with van der Waals surface area (Å²) in [5, 5.41) is 0.705. The molecule has 2 heteroatoms. The highest BCUT2D eigenvalue weighted by Crippen LogP contribution is 2.11. The number of carbonyl (C=O) groups excluding carboxylic acids is 1. The first-order valence-corrected chi connectivity index (χ1v) is 3.99. The van der Waals surface area contributed by atoms with Crippen LogP contribution in [0.25, 0.3) is 6.08 Å². The molecule has 0 spiro atoms. The van der Waals surface area contributed by atoms with Gasteiger partial charge in [0.1, 0.15) is 6.29 Å². The Morgan fingerprint density at radius 1 is 1.33 bits per heavy atom. The molecule has 0 N–H and O–H groups in total. The highest BCUT2D eigenvalue weighted by molar-refractivity contribution is 6.30. The number of benzene rings is 1. The number of carbonyl (C=O) groups is 1. The van der Waals surface area contributed by atoms with Gasteiger partial charge in [-0.15, -0.1) is 0 Å². The van der Waals surface area contributed by atoms with Gasteiger partial charge in [0.15, 0.2) is 0 Å². The van der Waals surface area contributed by atoms with Gasteiger partial charge in [0.05, 0.1) is 0 Å². The first kappa shape index (κ1) is 9.01. The van der Waals surface area contributed by atoms with Gasteiger partial charge >= 0.3 is 0 Å². The van der Waals surface area contributed by atoms with Gasteiger partial charge in [0.25, 0.3) is 0 Å². The lowest BCUT2D eigenvalue weighted by Gasteiger charge is -1.93. The van der Waals surface area contributed by atoms with Crippen molar-refractivity contribution in [3.63, 3.8) is 0 Å². The van der Waals surface area contributed by atoms with Gasteiger partial charge < -0.3 is 0 Å². The molecule has 62 valence electrons. The summed E-state index contributed by atoms with van der Waals surface area (Å²) in [5.41, 5.74) is 1.70. The number of halogens is 1. The van der Waals surface area contributed by atoms with Gasteiger partial charge in [-0.05, 0) is 36.3 Å². The SMILES string of the molecule is C/C(C=O)=C/c1ccc(Cl)cc1. The summed E-state index contributed by atoms with van der Waals surface area (Å²) in [6, 6.07) is 7.33. The second-order valence-electron chi connectivity index (χ2n) is 2.56. The zero-order valence-corrected chi connectivity index (χ0v) is 7.51. The zero-order chi connectivity index (χ0) is 8.97. The van der Waals surface area contributed by atoms with E-state index in [-0.39, 0.29) is 0 Å². The average Bonchev–Trinajstić information content (AvgIpc) is 2.09. The summed E-state index contributed by atoms with van der Waals surface area (Å²) in [7, 11) is 0. The van der Waals surface area contributed by atoms with Crippen LogP contribution < -0.4 is 0 Å². The van der Waals surface area contributed by atoms with E-state index in [4.69, 9.17) is 11.6 Å². The van der Waals surface area contributed by atoms with Crippen LogP contribution in [0, 0.1) is 0 Å². The van der Waals surface area contributed by atoms with E-state index in [2.05, 4.69) is 0 Å². The summed E-state index contributed by atoms with van der Waals surface area (Å²) in [6.45, 7) is 1.77. The van der Waals surface area contributed by atoms with Crippen LogP contribution in [0.3, 0.4) is 0 Å². The van der Waals surface area contributed by atoms with Crippen molar-refractivity contribution in [2.75, 3.05) is 0 Å². The molecule has 0 aromatic heterocycles. The monoisotopic (exact) mass is 180 g/mol. The molecule has 0 aliphatic rings. The van der Waals surface area contributed by atoms with Crippen molar-refractivity contribution in [3.8, 4) is 0 Å². The first-order chi connectivity index (χ1) is 5.72. The Kier molecular flexibility index (Phi) is 3.06. The molecular weight excluding hydrogens is 172 g/mol. The fourth-order valence-electron chi connectivity index (χ4n) is 0.856. The molecule has 0 saturated heterocycles. The maximum absolute atomic E-state index is 10.3. The van der Waals surface area contributed by atoms with Crippen LogP contribution >= 0.6 is 11.6 Å². The van der Waals surface area contributed by atoms with Crippen molar-refractivity contribution in [1.29, 1.82) is 0 Å². The van der Waals surface area contributed by atoms with Gasteiger partial charge in [-0.1, -0.05) is 23.7 Å². The number of rotatable bonds is 2. The van der Waals surface area contributed by atoms with E-state index >= 15 is 0 Å². The molecule has 0 saturated carbocycles. The van der Waals surface area contributed by atoms with E-state index in [0.29, 0.717) is 10.6 Å². The van der Waals surface area contributed by atoms with Crippen molar-refractivity contribution < 1.29 is 4.79 Å². The molecule has 1 nitrogen and oxygen atoms in total. The Labute approximate surface area is 76.7 Å². The zero-order valence-electron chi connectivity index (χ0n) is 6.75. The molecule has 0 bridgehead atoms. The third-order valence-corrected chi connectivity index (χ3v) is 1.70. The van der Waals surface area contributed by atoms with Crippen molar-refractivity contribution >= 4 is 24.0 Å². The van der Waals surface area contributed by atoms with Crippen molar-refractivity contribution in [1.82, 2.24) is 0 Å². The summed E-state index contributed by atoms with van der Waals surface area (Å²) in [4.78, 5) is 10.3. The lowest BCUT2D eigenvalue weighted by atomic mass is 10.1. The number of allylic oxidation sites excluding steroid dienone is 1. The van der Waals surface area contributed by atoms with E-state index < -0.39 is 0 Å². The molecule has 0 heterocycles. The maximum atomic E-state index is 10.3. The Hall–Kier alpha value is -1.08. The quantitative estimate of drug-likeness (QED) is 0.505. The Morgan fingerprint density at radius 2 is 1.92 bits per heavy atom. The normalized spacial score (nSPS) is 11.3. The van der Waals surface area contributed by atoms with Crippen LogP contribution in [0.5, 0.6) is 0 Å². The highest BCUT2D eigenvalue weighted by atomic mass is 35.5. The largest absolute Gasteiger partial charge is 0.298 e. The van der Waals surface area contributed by atoms with Crippen LogP contribution in [0.15, 0.2) is 29.8 Å². The van der Waals surface area contributed by atoms with E-state index in [1.165, 1.54) is 0 Å². The molecule has 0 atom stereocenters. The highest BCUT2D eigenvalue weighted by Gasteiger charge is 1.89. The van der Waals surface area contributed by atoms with Gasteiger partial charge in [-0.3, -0.25) is 4.79 Å². The molecule has 0 aliphatic carbocycles. The summed E-state index contributed by atoms with van der Waals surface area (Å²) < 4.78 is 0. The van der Waals surface area contributed by atoms with Crippen molar-refractivity contribution in [2.24, 2.45) is 0 Å². The summed E-state index contributed by atoms with van der Waals surface area (Å²) >= 11 is 5.69. The molecule has 0 radical (unpaired) electrons. The van der Waals surface area contributed by atoms with E-state index in [1.54, 1.807) is 19.1 Å². The van der Waals surface area contributed by atoms with Gasteiger partial charge in [-0.25, -0.2) is 0 Å². The first-order valence-electron chi connectivity index (χ1n) is 3.61. The molecule has 12 heavy (non-hydrogen) atoms. The second kappa shape index (κ2) is 4.07. The van der Waals surface area contributed by atoms with Crippen molar-refractivity contribution in [3.05, 3.63) is 40.4 Å². The predicted molar refractivity (Wildman–Crippen MR) is 51.2 cm³/mol. The minimum Gasteiger partial charge on any atom is -0.298 e. The van der Waals surface area contributed by atoms with Gasteiger partial charge in [-0.2, -0.15) is 0 Å². The summed E-state index contributed by atoms with van der Waals surface area (Å²) in [6.07, 6.45) is 2.64. The number of aldehydes is 1. The topological polar surface area (TPSA) is 17.1 Å². The molecule has 0 aliphatic heterocycles. The Bertz CT molecular complexity index is 298. The van der Waals surface area contributed by atoms with Gasteiger partial charge in [0.2, 0.25) is 0 Å². The second-order valence-corrected chi connectivity index (χ2v) is 2.99. The van der Waals surface area contributed by atoms with Crippen LogP contribution in [0.4, 0.5) is 0 Å². The maximum Gasteiger partial charge on any atom is 0.145 e. The van der Waals surface area contributed by atoms with Crippen LogP contribution in [-0.4, -0.2) is 6.29 Å². The van der Waals surface area contributed by atoms with E-state index in [0.717, 1.165) is 11.8 Å². The lowest BCUT2D eigenvalue weighted by Crippen LogP contribution is -1.77. The number of hydrogen-bond acceptors (Lipinski definition) is 1. The molecule has 1 rings (SSSR count). The predicted octanol–water partition coefficient (Wildman–Crippen LogP) is 2.94. The van der Waals surface area contributed by atoms with Crippen LogP contribution in [0.2, 0.25) is 5.02 Å². The Morgan fingerprint density at radius 3 is 2.42 bits per heavy atom. The van der Waals surface area contributed by atoms with Crippen LogP contribution in [0.1, 0.15) is 12.5 Å². The minimum absolute atomic E-state index is 0.705. The molecule has 0 amide bonds. The van der Waals surface area contributed by atoms with Gasteiger partial charge in [0, 0.05) is 5.02 Å². The van der Waals surface area contributed by atoms with Crippen LogP contribution in [-0.2, 0) is 4.79 Å². The minimum atomic E-state index is 0.705. The fourth-order valence-corrected chi connectivity index (χ4v) is 0.982. The third-order valence-electron chi connectivity index (χ3n) is 1.45. The molecule has 1 aromatic carbocycles. The average molecular weight is 181 g/mol. The molecule has 1 aromatic rings. The molecular formula is C10H9ClO. The smallest absolute Gasteiger partial charge is 0.145 e. The molecule has 0 unspecified atom stereocenters. The van der Waals surface area contributed by atoms with Crippen molar-refractivity contribution in [2.45, 2.75) is 6.92 Å². The Balaban J connectivity index is 2.91. The van der Waals surface area contributed by atoms with E-state index in [9.17, 15) is 4.79 Å². The molecule has 0 fully saturated rings. The standard InChI is InChI=1S/C10H9ClO/c1-8(7-12)6-9-2-4-10(11)5-3-9/h2-7H,1H3/b8-6-. The van der Waals surface area contributed by atoms with E-state index in [1.807, 2.05) is 18.2 Å².